The van der Waals surface area contributed by atoms with Crippen LogP contribution in [0.5, 0.6) is 0 Å². The van der Waals surface area contributed by atoms with Crippen LogP contribution in [0.2, 0.25) is 0 Å². The first-order chi connectivity index (χ1) is 10.2. The Labute approximate surface area is 123 Å². The summed E-state index contributed by atoms with van der Waals surface area (Å²) in [7, 11) is 2.77. The molecule has 1 N–H and O–H groups in total. The molecule has 0 saturated carbocycles. The number of carbonyl (C=O) groups is 2. The van der Waals surface area contributed by atoms with E-state index in [1.807, 2.05) is 30.3 Å². The number of ether oxygens (including phenoxy) is 3. The Morgan fingerprint density at radius 3 is 2.57 bits per heavy atom. The molecule has 0 unspecified atom stereocenters. The molecule has 0 aliphatic heterocycles. The summed E-state index contributed by atoms with van der Waals surface area (Å²) in [4.78, 5) is 22.7. The fourth-order valence-corrected chi connectivity index (χ4v) is 1.50. The number of hydrogen-bond donors (Lipinski definition) is 1. The van der Waals surface area contributed by atoms with Crippen molar-refractivity contribution in [2.45, 2.75) is 12.6 Å². The highest BCUT2D eigenvalue weighted by Gasteiger charge is 2.10. The molecule has 0 saturated heterocycles. The molecule has 0 aromatic heterocycles. The fraction of sp³-hybridized carbons (Fsp3) is 0.333. The van der Waals surface area contributed by atoms with E-state index in [-0.39, 0.29) is 13.2 Å². The van der Waals surface area contributed by atoms with Crippen molar-refractivity contribution in [3.05, 3.63) is 48.0 Å². The number of alkyl carbamates (subject to hydrolysis) is 1. The quantitative estimate of drug-likeness (QED) is 0.611. The lowest BCUT2D eigenvalue weighted by Gasteiger charge is -2.14. The molecule has 21 heavy (non-hydrogen) atoms. The van der Waals surface area contributed by atoms with Crippen LogP contribution < -0.4 is 5.32 Å². The van der Waals surface area contributed by atoms with Gasteiger partial charge in [-0.05, 0) is 5.56 Å². The van der Waals surface area contributed by atoms with Gasteiger partial charge in [-0.2, -0.15) is 0 Å². The third-order valence-corrected chi connectivity index (χ3v) is 2.53. The van der Waals surface area contributed by atoms with Gasteiger partial charge in [0.1, 0.15) is 6.61 Å². The van der Waals surface area contributed by atoms with Gasteiger partial charge in [0.2, 0.25) is 0 Å². The van der Waals surface area contributed by atoms with Crippen LogP contribution in [0, 0.1) is 0 Å². The summed E-state index contributed by atoms with van der Waals surface area (Å²) in [6.07, 6.45) is 2.12. The van der Waals surface area contributed by atoms with Crippen molar-refractivity contribution in [2.24, 2.45) is 0 Å². The molecule has 0 aliphatic carbocycles. The Hall–Kier alpha value is -2.34. The minimum atomic E-state index is -0.588. The molecule has 0 aliphatic rings. The average Bonchev–Trinajstić information content (AvgIpc) is 2.51. The van der Waals surface area contributed by atoms with Crippen molar-refractivity contribution < 1.29 is 23.8 Å². The Bertz CT molecular complexity index is 472. The lowest BCUT2D eigenvalue weighted by Crippen LogP contribution is -2.37. The number of esters is 1. The molecule has 6 heteroatoms. The Morgan fingerprint density at radius 2 is 1.95 bits per heavy atom. The number of amides is 1. The molecule has 0 spiro atoms. The van der Waals surface area contributed by atoms with Gasteiger partial charge >= 0.3 is 12.1 Å². The first-order valence-corrected chi connectivity index (χ1v) is 6.38. The molecule has 1 aromatic rings. The summed E-state index contributed by atoms with van der Waals surface area (Å²) in [5.41, 5.74) is 0.890. The minimum absolute atomic E-state index is 0.174. The normalized spacial score (nSPS) is 11.9. The predicted octanol–water partition coefficient (Wildman–Crippen LogP) is 1.66. The second-order valence-corrected chi connectivity index (χ2v) is 4.15. The van der Waals surface area contributed by atoms with E-state index in [0.29, 0.717) is 0 Å². The monoisotopic (exact) mass is 293 g/mol. The van der Waals surface area contributed by atoms with Crippen LogP contribution in [0.4, 0.5) is 4.79 Å². The lowest BCUT2D eigenvalue weighted by atomic mass is 10.2. The summed E-state index contributed by atoms with van der Waals surface area (Å²) >= 11 is 0. The molecule has 0 fully saturated rings. The number of methoxy groups -OCH3 is 2. The Balaban J connectivity index is 2.44. The van der Waals surface area contributed by atoms with E-state index < -0.39 is 18.1 Å². The van der Waals surface area contributed by atoms with E-state index in [1.54, 1.807) is 0 Å². The average molecular weight is 293 g/mol. The van der Waals surface area contributed by atoms with Gasteiger partial charge in [0.25, 0.3) is 0 Å². The molecule has 1 amide bonds. The molecule has 6 nitrogen and oxygen atoms in total. The molecule has 1 atom stereocenters. The predicted molar refractivity (Wildman–Crippen MR) is 76.6 cm³/mol. The third-order valence-electron chi connectivity index (χ3n) is 2.53. The number of benzene rings is 1. The maximum Gasteiger partial charge on any atom is 0.408 e. The number of carbonyl (C=O) groups excluding carboxylic acids is 2. The zero-order valence-corrected chi connectivity index (χ0v) is 12.1. The summed E-state index contributed by atoms with van der Waals surface area (Å²) < 4.78 is 14.5. The summed E-state index contributed by atoms with van der Waals surface area (Å²) in [5, 5.41) is 2.59. The van der Waals surface area contributed by atoms with Crippen molar-refractivity contribution in [1.82, 2.24) is 5.32 Å². The zero-order chi connectivity index (χ0) is 15.5. The molecule has 0 radical (unpaired) electrons. The van der Waals surface area contributed by atoms with E-state index in [0.717, 1.165) is 5.56 Å². The Morgan fingerprint density at radius 1 is 1.24 bits per heavy atom. The van der Waals surface area contributed by atoms with E-state index >= 15 is 0 Å². The van der Waals surface area contributed by atoms with Gasteiger partial charge in [0, 0.05) is 13.2 Å². The second-order valence-electron chi connectivity index (χ2n) is 4.15. The van der Waals surface area contributed by atoms with Crippen LogP contribution in [0.3, 0.4) is 0 Å². The van der Waals surface area contributed by atoms with E-state index in [1.165, 1.54) is 26.4 Å². The standard InChI is InChI=1S/C15H19NO5/c1-19-11-13(8-9-14(17)20-2)16-15(18)21-10-12-6-4-3-5-7-12/h3-9,13H,10-11H2,1-2H3,(H,16,18)/b9-8-/t13-/m1/s1. The lowest BCUT2D eigenvalue weighted by molar-refractivity contribution is -0.134. The molecular formula is C15H19NO5. The maximum atomic E-state index is 11.7. The van der Waals surface area contributed by atoms with Crippen LogP contribution in [-0.2, 0) is 25.6 Å². The van der Waals surface area contributed by atoms with E-state index in [2.05, 4.69) is 10.1 Å². The van der Waals surface area contributed by atoms with Crippen LogP contribution in [-0.4, -0.2) is 38.9 Å². The summed E-state index contributed by atoms with van der Waals surface area (Å²) in [6.45, 7) is 0.390. The van der Waals surface area contributed by atoms with E-state index in [9.17, 15) is 9.59 Å². The van der Waals surface area contributed by atoms with E-state index in [4.69, 9.17) is 9.47 Å². The fourth-order valence-electron chi connectivity index (χ4n) is 1.50. The van der Waals surface area contributed by atoms with Gasteiger partial charge in [-0.1, -0.05) is 36.4 Å². The first kappa shape index (κ1) is 16.7. The topological polar surface area (TPSA) is 73.9 Å². The molecule has 1 rings (SSSR count). The summed E-state index contributed by atoms with van der Waals surface area (Å²) in [5.74, 6) is -0.504. The molecular weight excluding hydrogens is 274 g/mol. The van der Waals surface area contributed by atoms with Crippen LogP contribution >= 0.6 is 0 Å². The highest BCUT2D eigenvalue weighted by atomic mass is 16.5. The molecule has 0 heterocycles. The third kappa shape index (κ3) is 7.12. The van der Waals surface area contributed by atoms with Gasteiger partial charge < -0.3 is 19.5 Å². The molecule has 0 bridgehead atoms. The number of nitrogens with one attached hydrogen (secondary N) is 1. The second kappa shape index (κ2) is 9.55. The van der Waals surface area contributed by atoms with Crippen LogP contribution in [0.15, 0.2) is 42.5 Å². The van der Waals surface area contributed by atoms with Crippen LogP contribution in [0.25, 0.3) is 0 Å². The Kier molecular flexibility index (Phi) is 7.60. The van der Waals surface area contributed by atoms with Crippen molar-refractivity contribution in [3.63, 3.8) is 0 Å². The molecule has 114 valence electrons. The number of hydrogen-bond acceptors (Lipinski definition) is 5. The minimum Gasteiger partial charge on any atom is -0.466 e. The van der Waals surface area contributed by atoms with Crippen molar-refractivity contribution in [1.29, 1.82) is 0 Å². The smallest absolute Gasteiger partial charge is 0.408 e. The first-order valence-electron chi connectivity index (χ1n) is 6.38. The SMILES string of the molecule is COC[C@@H](/C=C\C(=O)OC)NC(=O)OCc1ccccc1. The maximum absolute atomic E-state index is 11.7. The number of rotatable bonds is 7. The van der Waals surface area contributed by atoms with Gasteiger partial charge in [0.05, 0.1) is 19.8 Å². The van der Waals surface area contributed by atoms with Gasteiger partial charge in [-0.15, -0.1) is 0 Å². The summed E-state index contributed by atoms with van der Waals surface area (Å²) in [6, 6.07) is 8.86. The van der Waals surface area contributed by atoms with Gasteiger partial charge in [0.15, 0.2) is 0 Å². The van der Waals surface area contributed by atoms with Crippen molar-refractivity contribution in [3.8, 4) is 0 Å². The van der Waals surface area contributed by atoms with Gasteiger partial charge in [-0.3, -0.25) is 0 Å². The largest absolute Gasteiger partial charge is 0.466 e. The zero-order valence-electron chi connectivity index (χ0n) is 12.1. The highest BCUT2D eigenvalue weighted by Crippen LogP contribution is 2.01. The highest BCUT2D eigenvalue weighted by molar-refractivity contribution is 5.82. The molecule has 1 aromatic carbocycles. The van der Waals surface area contributed by atoms with Crippen molar-refractivity contribution in [2.75, 3.05) is 20.8 Å². The van der Waals surface area contributed by atoms with Crippen molar-refractivity contribution >= 4 is 12.1 Å². The van der Waals surface area contributed by atoms with Crippen LogP contribution in [0.1, 0.15) is 5.56 Å². The van der Waals surface area contributed by atoms with Gasteiger partial charge in [-0.25, -0.2) is 9.59 Å².